The van der Waals surface area contributed by atoms with Gasteiger partial charge in [0.05, 0.1) is 6.54 Å². The number of fused-ring (bicyclic) bond motifs is 2. The molecule has 6 nitrogen and oxygen atoms in total. The minimum absolute atomic E-state index is 0.351. The normalized spacial score (nSPS) is 11.2. The van der Waals surface area contributed by atoms with Gasteiger partial charge in [-0.05, 0) is 11.5 Å². The molecule has 4 rings (SSSR count). The van der Waals surface area contributed by atoms with E-state index in [1.807, 2.05) is 28.8 Å². The van der Waals surface area contributed by atoms with Crippen LogP contribution in [-0.4, -0.2) is 26.1 Å². The fraction of sp³-hybridized carbons (Fsp3) is 0.118. The van der Waals surface area contributed by atoms with Gasteiger partial charge < -0.3 is 15.0 Å². The number of ether oxygens (including phenoxy) is 1. The second kappa shape index (κ2) is 6.01. The van der Waals surface area contributed by atoms with Gasteiger partial charge in [0.15, 0.2) is 22.1 Å². The van der Waals surface area contributed by atoms with Gasteiger partial charge in [-0.25, -0.2) is 15.0 Å². The van der Waals surface area contributed by atoms with E-state index in [1.165, 1.54) is 6.33 Å². The summed E-state index contributed by atoms with van der Waals surface area (Å²) in [6.45, 7) is 1.03. The molecule has 7 heteroatoms. The number of imidazole rings is 1. The van der Waals surface area contributed by atoms with Crippen molar-refractivity contribution in [1.82, 2.24) is 19.5 Å². The van der Waals surface area contributed by atoms with Crippen LogP contribution in [0, 0.1) is 0 Å². The van der Waals surface area contributed by atoms with Crippen LogP contribution >= 0.6 is 12.6 Å². The van der Waals surface area contributed by atoms with E-state index in [0.29, 0.717) is 35.3 Å². The quantitative estimate of drug-likeness (QED) is 0.560. The van der Waals surface area contributed by atoms with Crippen molar-refractivity contribution in [2.24, 2.45) is 0 Å². The molecule has 0 unspecified atom stereocenters. The zero-order valence-corrected chi connectivity index (χ0v) is 13.6. The van der Waals surface area contributed by atoms with Gasteiger partial charge in [-0.15, -0.1) is 12.6 Å². The Hall–Kier alpha value is -2.80. The van der Waals surface area contributed by atoms with Crippen LogP contribution in [0.15, 0.2) is 53.9 Å². The van der Waals surface area contributed by atoms with Gasteiger partial charge in [0.2, 0.25) is 0 Å². The van der Waals surface area contributed by atoms with Crippen molar-refractivity contribution in [3.8, 4) is 5.75 Å². The van der Waals surface area contributed by atoms with Gasteiger partial charge in [-0.1, -0.05) is 36.4 Å². The Labute approximate surface area is 143 Å². The number of rotatable bonds is 4. The smallest absolute Gasteiger partial charge is 0.167 e. The van der Waals surface area contributed by atoms with Gasteiger partial charge in [-0.2, -0.15) is 0 Å². The molecule has 4 aromatic rings. The van der Waals surface area contributed by atoms with Gasteiger partial charge in [-0.3, -0.25) is 0 Å². The van der Waals surface area contributed by atoms with Crippen LogP contribution in [0.1, 0.15) is 0 Å². The Kier molecular flexibility index (Phi) is 3.70. The SMILES string of the molecule is Nc1ncnc2c1nc(S)n2CCOc1cccc2ccccc12. The Morgan fingerprint density at radius 3 is 2.83 bits per heavy atom. The monoisotopic (exact) mass is 337 g/mol. The number of nitrogen functional groups attached to an aromatic ring is 1. The number of benzene rings is 2. The lowest BCUT2D eigenvalue weighted by Gasteiger charge is -2.10. The molecule has 0 fully saturated rings. The summed E-state index contributed by atoms with van der Waals surface area (Å²) < 4.78 is 7.83. The van der Waals surface area contributed by atoms with E-state index in [0.717, 1.165) is 16.5 Å². The van der Waals surface area contributed by atoms with E-state index in [-0.39, 0.29) is 0 Å². The van der Waals surface area contributed by atoms with Crippen LogP contribution in [0.2, 0.25) is 0 Å². The fourth-order valence-electron chi connectivity index (χ4n) is 2.72. The molecule has 0 spiro atoms. The molecule has 0 radical (unpaired) electrons. The molecule has 0 amide bonds. The van der Waals surface area contributed by atoms with Crippen LogP contribution < -0.4 is 10.5 Å². The van der Waals surface area contributed by atoms with Crippen LogP contribution in [0.5, 0.6) is 5.75 Å². The van der Waals surface area contributed by atoms with E-state index in [2.05, 4.69) is 45.8 Å². The Balaban J connectivity index is 1.58. The molecule has 0 aliphatic rings. The van der Waals surface area contributed by atoms with Crippen molar-refractivity contribution in [2.45, 2.75) is 11.7 Å². The molecule has 2 aromatic heterocycles. The predicted octanol–water partition coefficient (Wildman–Crippen LogP) is 2.93. The first-order valence-electron chi connectivity index (χ1n) is 7.50. The van der Waals surface area contributed by atoms with Crippen molar-refractivity contribution in [1.29, 1.82) is 0 Å². The molecule has 2 aromatic carbocycles. The lowest BCUT2D eigenvalue weighted by molar-refractivity contribution is 0.298. The Bertz CT molecular complexity index is 1020. The minimum atomic E-state index is 0.351. The van der Waals surface area contributed by atoms with Crippen molar-refractivity contribution in [3.05, 3.63) is 48.8 Å². The summed E-state index contributed by atoms with van der Waals surface area (Å²) in [6, 6.07) is 14.2. The van der Waals surface area contributed by atoms with Crippen molar-refractivity contribution >= 4 is 40.4 Å². The predicted molar refractivity (Wildman–Crippen MR) is 96.4 cm³/mol. The van der Waals surface area contributed by atoms with Crippen LogP contribution in [0.3, 0.4) is 0 Å². The Morgan fingerprint density at radius 2 is 1.92 bits per heavy atom. The maximum absolute atomic E-state index is 5.97. The summed E-state index contributed by atoms with van der Waals surface area (Å²) >= 11 is 4.40. The highest BCUT2D eigenvalue weighted by Gasteiger charge is 2.12. The standard InChI is InChI=1S/C17H15N5OS/c18-15-14-16(20-10-19-15)22(17(24)21-14)8-9-23-13-7-3-5-11-4-1-2-6-12(11)13/h1-7,10H,8-9H2,(H,21,24)(H2,18,19,20). The average Bonchev–Trinajstić information content (AvgIpc) is 2.93. The summed E-state index contributed by atoms with van der Waals surface area (Å²) in [5, 5.41) is 2.78. The van der Waals surface area contributed by atoms with E-state index in [4.69, 9.17) is 10.5 Å². The first-order chi connectivity index (χ1) is 11.7. The third-order valence-corrected chi connectivity index (χ3v) is 4.20. The first kappa shape index (κ1) is 14.8. The van der Waals surface area contributed by atoms with Gasteiger partial charge in [0.1, 0.15) is 18.7 Å². The second-order valence-electron chi connectivity index (χ2n) is 5.32. The van der Waals surface area contributed by atoms with Crippen molar-refractivity contribution in [3.63, 3.8) is 0 Å². The maximum atomic E-state index is 5.97. The molecule has 0 aliphatic carbocycles. The Morgan fingerprint density at radius 1 is 1.08 bits per heavy atom. The zero-order chi connectivity index (χ0) is 16.5. The van der Waals surface area contributed by atoms with Crippen LogP contribution in [0.4, 0.5) is 5.82 Å². The number of nitrogens with two attached hydrogens (primary N) is 1. The highest BCUT2D eigenvalue weighted by atomic mass is 32.1. The summed E-state index contributed by atoms with van der Waals surface area (Å²) in [5.41, 5.74) is 7.05. The van der Waals surface area contributed by atoms with Crippen LogP contribution in [-0.2, 0) is 6.54 Å². The van der Waals surface area contributed by atoms with E-state index >= 15 is 0 Å². The first-order valence-corrected chi connectivity index (χ1v) is 7.95. The third kappa shape index (κ3) is 2.52. The molecular weight excluding hydrogens is 322 g/mol. The molecule has 2 N–H and O–H groups in total. The van der Waals surface area contributed by atoms with Gasteiger partial charge >= 0.3 is 0 Å². The fourth-order valence-corrected chi connectivity index (χ4v) is 3.01. The number of nitrogens with zero attached hydrogens (tertiary/aromatic N) is 4. The highest BCUT2D eigenvalue weighted by molar-refractivity contribution is 7.80. The molecule has 2 heterocycles. The average molecular weight is 337 g/mol. The topological polar surface area (TPSA) is 78.9 Å². The number of hydrogen-bond acceptors (Lipinski definition) is 6. The number of aromatic nitrogens is 4. The molecule has 0 saturated carbocycles. The maximum Gasteiger partial charge on any atom is 0.167 e. The van der Waals surface area contributed by atoms with Gasteiger partial charge in [0, 0.05) is 5.39 Å². The van der Waals surface area contributed by atoms with E-state index in [9.17, 15) is 0 Å². The molecule has 0 bridgehead atoms. The number of thiol groups is 1. The van der Waals surface area contributed by atoms with Crippen molar-refractivity contribution < 1.29 is 4.74 Å². The summed E-state index contributed by atoms with van der Waals surface area (Å²) in [7, 11) is 0. The highest BCUT2D eigenvalue weighted by Crippen LogP contribution is 2.25. The van der Waals surface area contributed by atoms with Gasteiger partial charge in [0.25, 0.3) is 0 Å². The number of hydrogen-bond donors (Lipinski definition) is 2. The summed E-state index contributed by atoms with van der Waals surface area (Å²) in [4.78, 5) is 12.5. The molecule has 120 valence electrons. The molecular formula is C17H15N5OS. The molecule has 24 heavy (non-hydrogen) atoms. The minimum Gasteiger partial charge on any atom is -0.491 e. The second-order valence-corrected chi connectivity index (χ2v) is 5.72. The lowest BCUT2D eigenvalue weighted by atomic mass is 10.1. The van der Waals surface area contributed by atoms with Crippen molar-refractivity contribution in [2.75, 3.05) is 12.3 Å². The lowest BCUT2D eigenvalue weighted by Crippen LogP contribution is -2.09. The van der Waals surface area contributed by atoms with E-state index in [1.54, 1.807) is 0 Å². The molecule has 0 atom stereocenters. The number of anilines is 1. The summed E-state index contributed by atoms with van der Waals surface area (Å²) in [6.07, 6.45) is 1.43. The van der Waals surface area contributed by atoms with Crippen LogP contribution in [0.25, 0.3) is 21.9 Å². The summed E-state index contributed by atoms with van der Waals surface area (Å²) in [5.74, 6) is 1.20. The molecule has 0 saturated heterocycles. The third-order valence-electron chi connectivity index (χ3n) is 3.86. The molecule has 0 aliphatic heterocycles. The largest absolute Gasteiger partial charge is 0.491 e. The van der Waals surface area contributed by atoms with E-state index < -0.39 is 0 Å². The zero-order valence-electron chi connectivity index (χ0n) is 12.8.